The Hall–Kier alpha value is -1.10. The topological polar surface area (TPSA) is 69.6 Å². The van der Waals surface area contributed by atoms with Gasteiger partial charge in [-0.15, -0.1) is 0 Å². The van der Waals surface area contributed by atoms with E-state index in [0.29, 0.717) is 32.4 Å². The Morgan fingerprint density at radius 2 is 1.94 bits per heavy atom. The molecule has 0 aliphatic heterocycles. The molecule has 16 heavy (non-hydrogen) atoms. The first-order valence-corrected chi connectivity index (χ1v) is 5.81. The van der Waals surface area contributed by atoms with Crippen LogP contribution in [0, 0.1) is 0 Å². The molecule has 0 bridgehead atoms. The predicted molar refractivity (Wildman–Crippen MR) is 61.9 cm³/mol. The highest BCUT2D eigenvalue weighted by Crippen LogP contribution is 2.00. The van der Waals surface area contributed by atoms with Gasteiger partial charge in [0.2, 0.25) is 11.8 Å². The molecule has 0 saturated carbocycles. The lowest BCUT2D eigenvalue weighted by molar-refractivity contribution is -0.135. The molecule has 0 aliphatic rings. The van der Waals surface area contributed by atoms with Crippen molar-refractivity contribution in [1.82, 2.24) is 10.2 Å². The van der Waals surface area contributed by atoms with Crippen molar-refractivity contribution in [2.75, 3.05) is 26.2 Å². The first-order valence-electron chi connectivity index (χ1n) is 5.81. The van der Waals surface area contributed by atoms with Gasteiger partial charge in [-0.2, -0.15) is 0 Å². The maximum atomic E-state index is 11.7. The summed E-state index contributed by atoms with van der Waals surface area (Å²) in [5, 5.41) is 11.3. The molecule has 0 aromatic heterocycles. The van der Waals surface area contributed by atoms with E-state index in [1.807, 2.05) is 13.8 Å². The van der Waals surface area contributed by atoms with Crippen molar-refractivity contribution in [3.8, 4) is 0 Å². The van der Waals surface area contributed by atoms with E-state index in [-0.39, 0.29) is 25.0 Å². The fourth-order valence-corrected chi connectivity index (χ4v) is 1.35. The minimum Gasteiger partial charge on any atom is -0.396 e. The van der Waals surface area contributed by atoms with Gasteiger partial charge in [-0.3, -0.25) is 9.59 Å². The molecule has 5 heteroatoms. The van der Waals surface area contributed by atoms with Crippen molar-refractivity contribution in [3.05, 3.63) is 0 Å². The number of nitrogens with zero attached hydrogens (tertiary/aromatic N) is 1. The van der Waals surface area contributed by atoms with Gasteiger partial charge in [0.25, 0.3) is 0 Å². The van der Waals surface area contributed by atoms with Crippen LogP contribution in [0.5, 0.6) is 0 Å². The van der Waals surface area contributed by atoms with Crippen molar-refractivity contribution in [2.45, 2.75) is 33.1 Å². The summed E-state index contributed by atoms with van der Waals surface area (Å²) < 4.78 is 0. The molecule has 0 saturated heterocycles. The van der Waals surface area contributed by atoms with Crippen LogP contribution in [0.15, 0.2) is 0 Å². The number of aliphatic hydroxyl groups excluding tert-OH is 1. The second-order valence-corrected chi connectivity index (χ2v) is 3.54. The molecule has 0 spiro atoms. The molecule has 0 rings (SSSR count). The normalized spacial score (nSPS) is 9.94. The van der Waals surface area contributed by atoms with Crippen LogP contribution in [0.4, 0.5) is 0 Å². The maximum Gasteiger partial charge on any atom is 0.239 e. The monoisotopic (exact) mass is 230 g/mol. The van der Waals surface area contributed by atoms with Gasteiger partial charge < -0.3 is 15.3 Å². The van der Waals surface area contributed by atoms with Crippen LogP contribution >= 0.6 is 0 Å². The smallest absolute Gasteiger partial charge is 0.239 e. The Bertz CT molecular complexity index is 219. The predicted octanol–water partition coefficient (Wildman–Crippen LogP) is 0.134. The minimum atomic E-state index is -0.125. The summed E-state index contributed by atoms with van der Waals surface area (Å²) in [5.74, 6) is -0.151. The van der Waals surface area contributed by atoms with E-state index >= 15 is 0 Å². The van der Waals surface area contributed by atoms with Crippen LogP contribution in [-0.4, -0.2) is 48.1 Å². The van der Waals surface area contributed by atoms with Gasteiger partial charge >= 0.3 is 0 Å². The van der Waals surface area contributed by atoms with Crippen LogP contribution < -0.4 is 5.32 Å². The zero-order valence-electron chi connectivity index (χ0n) is 10.2. The standard InChI is InChI=1S/C11H22N2O3/c1-3-12-10(15)9-13(4-2)11(16)7-5-6-8-14/h14H,3-9H2,1-2H3,(H,12,15). The molecule has 2 amide bonds. The van der Waals surface area contributed by atoms with Crippen molar-refractivity contribution in [3.63, 3.8) is 0 Å². The summed E-state index contributed by atoms with van der Waals surface area (Å²) in [7, 11) is 0. The summed E-state index contributed by atoms with van der Waals surface area (Å²) >= 11 is 0. The molecular weight excluding hydrogens is 208 g/mol. The molecule has 0 fully saturated rings. The van der Waals surface area contributed by atoms with Gasteiger partial charge in [-0.25, -0.2) is 0 Å². The molecule has 0 atom stereocenters. The Kier molecular flexibility index (Phi) is 8.52. The molecule has 0 aliphatic carbocycles. The average Bonchev–Trinajstić information content (AvgIpc) is 2.26. The fraction of sp³-hybridized carbons (Fsp3) is 0.818. The molecule has 0 radical (unpaired) electrons. The van der Waals surface area contributed by atoms with Crippen molar-refractivity contribution in [1.29, 1.82) is 0 Å². The SMILES string of the molecule is CCNC(=O)CN(CC)C(=O)CCCCO. The Morgan fingerprint density at radius 3 is 2.44 bits per heavy atom. The molecular formula is C11H22N2O3. The molecule has 0 heterocycles. The van der Waals surface area contributed by atoms with E-state index in [2.05, 4.69) is 5.32 Å². The third-order valence-corrected chi connectivity index (χ3v) is 2.24. The van der Waals surface area contributed by atoms with Gasteiger partial charge in [0, 0.05) is 26.1 Å². The molecule has 0 aromatic rings. The maximum absolute atomic E-state index is 11.7. The van der Waals surface area contributed by atoms with E-state index in [1.54, 1.807) is 0 Å². The van der Waals surface area contributed by atoms with Crippen molar-refractivity contribution in [2.24, 2.45) is 0 Å². The number of hydrogen-bond acceptors (Lipinski definition) is 3. The third kappa shape index (κ3) is 6.40. The number of nitrogens with one attached hydrogen (secondary N) is 1. The number of hydrogen-bond donors (Lipinski definition) is 2. The molecule has 5 nitrogen and oxygen atoms in total. The quantitative estimate of drug-likeness (QED) is 0.582. The minimum absolute atomic E-state index is 0.0257. The highest BCUT2D eigenvalue weighted by Gasteiger charge is 2.14. The number of carbonyl (C=O) groups excluding carboxylic acids is 2. The number of amides is 2. The van der Waals surface area contributed by atoms with E-state index in [4.69, 9.17) is 5.11 Å². The molecule has 0 aromatic carbocycles. The van der Waals surface area contributed by atoms with E-state index < -0.39 is 0 Å². The van der Waals surface area contributed by atoms with Crippen LogP contribution in [0.25, 0.3) is 0 Å². The van der Waals surface area contributed by atoms with Crippen molar-refractivity contribution >= 4 is 11.8 Å². The Morgan fingerprint density at radius 1 is 1.25 bits per heavy atom. The lowest BCUT2D eigenvalue weighted by Gasteiger charge is -2.20. The number of unbranched alkanes of at least 4 members (excludes halogenated alkanes) is 1. The van der Waals surface area contributed by atoms with E-state index in [0.717, 1.165) is 0 Å². The summed E-state index contributed by atoms with van der Waals surface area (Å²) in [5.41, 5.74) is 0. The highest BCUT2D eigenvalue weighted by atomic mass is 16.3. The number of carbonyl (C=O) groups is 2. The average molecular weight is 230 g/mol. The van der Waals surface area contributed by atoms with E-state index in [1.165, 1.54) is 4.90 Å². The second kappa shape index (κ2) is 9.15. The highest BCUT2D eigenvalue weighted by molar-refractivity contribution is 5.84. The van der Waals surface area contributed by atoms with Crippen LogP contribution in [0.1, 0.15) is 33.1 Å². The summed E-state index contributed by atoms with van der Waals surface area (Å²) in [6, 6.07) is 0. The Balaban J connectivity index is 3.96. The van der Waals surface area contributed by atoms with Crippen LogP contribution in [0.2, 0.25) is 0 Å². The van der Waals surface area contributed by atoms with E-state index in [9.17, 15) is 9.59 Å². The van der Waals surface area contributed by atoms with Gasteiger partial charge in [-0.05, 0) is 26.7 Å². The number of aliphatic hydroxyl groups is 1. The second-order valence-electron chi connectivity index (χ2n) is 3.54. The largest absolute Gasteiger partial charge is 0.396 e. The summed E-state index contributed by atoms with van der Waals surface area (Å²) in [6.45, 7) is 5.04. The first kappa shape index (κ1) is 14.9. The lowest BCUT2D eigenvalue weighted by Crippen LogP contribution is -2.40. The summed E-state index contributed by atoms with van der Waals surface area (Å²) in [4.78, 5) is 24.5. The van der Waals surface area contributed by atoms with Gasteiger partial charge in [0.05, 0.1) is 6.54 Å². The van der Waals surface area contributed by atoms with Crippen molar-refractivity contribution < 1.29 is 14.7 Å². The van der Waals surface area contributed by atoms with Crippen LogP contribution in [-0.2, 0) is 9.59 Å². The third-order valence-electron chi connectivity index (χ3n) is 2.24. The summed E-state index contributed by atoms with van der Waals surface area (Å²) in [6.07, 6.45) is 1.69. The van der Waals surface area contributed by atoms with Gasteiger partial charge in [0.15, 0.2) is 0 Å². The lowest BCUT2D eigenvalue weighted by atomic mass is 10.2. The number of rotatable bonds is 8. The van der Waals surface area contributed by atoms with Gasteiger partial charge in [-0.1, -0.05) is 0 Å². The van der Waals surface area contributed by atoms with Crippen LogP contribution in [0.3, 0.4) is 0 Å². The zero-order chi connectivity index (χ0) is 12.4. The fourth-order valence-electron chi connectivity index (χ4n) is 1.35. The van der Waals surface area contributed by atoms with Gasteiger partial charge in [0.1, 0.15) is 0 Å². The molecule has 0 unspecified atom stereocenters. The number of likely N-dealkylation sites (N-methyl/N-ethyl adjacent to an activating group) is 2. The molecule has 94 valence electrons. The zero-order valence-corrected chi connectivity index (χ0v) is 10.2. The Labute approximate surface area is 96.8 Å². The molecule has 2 N–H and O–H groups in total. The first-order chi connectivity index (χ1) is 7.65.